The Labute approximate surface area is 149 Å². The molecule has 138 valence electrons. The van der Waals surface area contributed by atoms with E-state index in [2.05, 4.69) is 20.6 Å². The zero-order valence-corrected chi connectivity index (χ0v) is 14.4. The van der Waals surface area contributed by atoms with Crippen LogP contribution in [0, 0.1) is 0 Å². The minimum atomic E-state index is -4.54. The third-order valence-corrected chi connectivity index (χ3v) is 4.42. The molecule has 0 saturated carbocycles. The van der Waals surface area contributed by atoms with Crippen molar-refractivity contribution in [1.29, 1.82) is 0 Å². The van der Waals surface area contributed by atoms with Crippen LogP contribution in [0.4, 0.5) is 24.9 Å². The lowest BCUT2D eigenvalue weighted by atomic mass is 10.2. The molecule has 1 aromatic heterocycles. The van der Waals surface area contributed by atoms with Crippen LogP contribution in [-0.4, -0.2) is 47.4 Å². The van der Waals surface area contributed by atoms with E-state index in [9.17, 15) is 13.2 Å². The van der Waals surface area contributed by atoms with Gasteiger partial charge in [-0.05, 0) is 37.9 Å². The SMILES string of the molecule is FC(F)(F)c1cc(N2CCCC2)nc(NC(=S)NC[C@@H]2CCCO2)n1. The Kier molecular flexibility index (Phi) is 5.57. The number of nitrogens with one attached hydrogen (secondary N) is 2. The molecule has 3 heterocycles. The summed E-state index contributed by atoms with van der Waals surface area (Å²) in [6, 6.07) is 0.985. The van der Waals surface area contributed by atoms with Crippen molar-refractivity contribution in [3.8, 4) is 0 Å². The van der Waals surface area contributed by atoms with Crippen molar-refractivity contribution >= 4 is 29.1 Å². The minimum Gasteiger partial charge on any atom is -0.376 e. The van der Waals surface area contributed by atoms with Gasteiger partial charge in [0.2, 0.25) is 5.95 Å². The van der Waals surface area contributed by atoms with Gasteiger partial charge < -0.3 is 20.3 Å². The second kappa shape index (κ2) is 7.69. The first kappa shape index (κ1) is 18.1. The molecule has 2 N–H and O–H groups in total. The standard InChI is InChI=1S/C15H20F3N5OS/c16-15(17,18)11-8-12(23-5-1-2-6-23)21-13(20-11)22-14(25)19-9-10-4-3-7-24-10/h8,10H,1-7,9H2,(H2,19,20,21,22,25)/t10-/m0/s1. The number of ether oxygens (including phenoxy) is 1. The van der Waals surface area contributed by atoms with Gasteiger partial charge in [0.15, 0.2) is 10.8 Å². The van der Waals surface area contributed by atoms with Gasteiger partial charge in [-0.2, -0.15) is 18.2 Å². The van der Waals surface area contributed by atoms with Crippen LogP contribution in [0.25, 0.3) is 0 Å². The van der Waals surface area contributed by atoms with Crippen molar-refractivity contribution in [3.05, 3.63) is 11.8 Å². The summed E-state index contributed by atoms with van der Waals surface area (Å²) in [6.45, 7) is 2.61. The van der Waals surface area contributed by atoms with Crippen molar-refractivity contribution in [2.75, 3.05) is 36.5 Å². The zero-order chi connectivity index (χ0) is 17.9. The predicted molar refractivity (Wildman–Crippen MR) is 91.7 cm³/mol. The van der Waals surface area contributed by atoms with Gasteiger partial charge in [0.1, 0.15) is 5.82 Å². The first-order valence-electron chi connectivity index (χ1n) is 8.29. The molecule has 1 atom stereocenters. The maximum Gasteiger partial charge on any atom is 0.433 e. The van der Waals surface area contributed by atoms with E-state index in [1.807, 2.05) is 4.90 Å². The number of thiocarbonyl (C=S) groups is 1. The molecule has 0 amide bonds. The molecule has 0 unspecified atom stereocenters. The van der Waals surface area contributed by atoms with Gasteiger partial charge in [-0.3, -0.25) is 0 Å². The average molecular weight is 375 g/mol. The first-order valence-corrected chi connectivity index (χ1v) is 8.70. The Bertz CT molecular complexity index is 616. The summed E-state index contributed by atoms with van der Waals surface area (Å²) in [5.74, 6) is 0.116. The number of aromatic nitrogens is 2. The van der Waals surface area contributed by atoms with E-state index in [1.165, 1.54) is 0 Å². The Morgan fingerprint density at radius 3 is 2.68 bits per heavy atom. The fourth-order valence-corrected chi connectivity index (χ4v) is 3.08. The van der Waals surface area contributed by atoms with E-state index in [0.29, 0.717) is 19.6 Å². The van der Waals surface area contributed by atoms with Gasteiger partial charge in [0.05, 0.1) is 6.10 Å². The molecule has 0 aromatic carbocycles. The van der Waals surface area contributed by atoms with Crippen molar-refractivity contribution in [2.45, 2.75) is 38.0 Å². The molecule has 10 heteroatoms. The maximum atomic E-state index is 13.1. The van der Waals surface area contributed by atoms with Crippen LogP contribution in [0.15, 0.2) is 6.07 Å². The summed E-state index contributed by atoms with van der Waals surface area (Å²) >= 11 is 5.13. The van der Waals surface area contributed by atoms with Crippen molar-refractivity contribution in [2.24, 2.45) is 0 Å². The molecule has 3 rings (SSSR count). The monoisotopic (exact) mass is 375 g/mol. The van der Waals surface area contributed by atoms with E-state index in [0.717, 1.165) is 38.4 Å². The topological polar surface area (TPSA) is 62.3 Å². The van der Waals surface area contributed by atoms with E-state index >= 15 is 0 Å². The number of rotatable bonds is 4. The summed E-state index contributed by atoms with van der Waals surface area (Å²) in [6.07, 6.45) is -0.648. The number of anilines is 2. The molecular formula is C15H20F3N5OS. The van der Waals surface area contributed by atoms with Crippen LogP contribution in [0.2, 0.25) is 0 Å². The normalized spacial score (nSPS) is 20.8. The third kappa shape index (κ3) is 4.91. The third-order valence-electron chi connectivity index (χ3n) is 4.17. The van der Waals surface area contributed by atoms with Crippen molar-refractivity contribution in [3.63, 3.8) is 0 Å². The smallest absolute Gasteiger partial charge is 0.376 e. The fraction of sp³-hybridized carbons (Fsp3) is 0.667. The highest BCUT2D eigenvalue weighted by atomic mass is 32.1. The van der Waals surface area contributed by atoms with Gasteiger partial charge in [0.25, 0.3) is 0 Å². The average Bonchev–Trinajstić information content (AvgIpc) is 3.25. The second-order valence-corrected chi connectivity index (χ2v) is 6.51. The molecule has 0 radical (unpaired) electrons. The lowest BCUT2D eigenvalue weighted by molar-refractivity contribution is -0.141. The van der Waals surface area contributed by atoms with E-state index in [1.54, 1.807) is 0 Å². The largest absolute Gasteiger partial charge is 0.433 e. The number of hydrogen-bond acceptors (Lipinski definition) is 5. The van der Waals surface area contributed by atoms with Crippen molar-refractivity contribution in [1.82, 2.24) is 15.3 Å². The summed E-state index contributed by atoms with van der Waals surface area (Å²) in [4.78, 5) is 9.58. The highest BCUT2D eigenvalue weighted by molar-refractivity contribution is 7.80. The quantitative estimate of drug-likeness (QED) is 0.784. The van der Waals surface area contributed by atoms with E-state index < -0.39 is 11.9 Å². The minimum absolute atomic E-state index is 0.0716. The molecule has 0 aliphatic carbocycles. The Balaban J connectivity index is 1.70. The summed E-state index contributed by atoms with van der Waals surface area (Å²) in [7, 11) is 0. The second-order valence-electron chi connectivity index (χ2n) is 6.10. The van der Waals surface area contributed by atoms with Gasteiger partial charge in [0, 0.05) is 32.3 Å². The molecule has 25 heavy (non-hydrogen) atoms. The van der Waals surface area contributed by atoms with E-state index in [-0.39, 0.29) is 23.0 Å². The molecule has 0 spiro atoms. The molecule has 2 aliphatic rings. The van der Waals surface area contributed by atoms with Crippen LogP contribution in [0.5, 0.6) is 0 Å². The first-order chi connectivity index (χ1) is 11.9. The number of alkyl halides is 3. The predicted octanol–water partition coefficient (Wildman–Crippen LogP) is 2.56. The van der Waals surface area contributed by atoms with Gasteiger partial charge in [-0.25, -0.2) is 4.98 Å². The summed E-state index contributed by atoms with van der Waals surface area (Å²) in [5.41, 5.74) is -0.978. The summed E-state index contributed by atoms with van der Waals surface area (Å²) < 4.78 is 44.8. The van der Waals surface area contributed by atoms with Crippen LogP contribution < -0.4 is 15.5 Å². The van der Waals surface area contributed by atoms with Gasteiger partial charge in [-0.15, -0.1) is 0 Å². The maximum absolute atomic E-state index is 13.1. The van der Waals surface area contributed by atoms with Crippen LogP contribution >= 0.6 is 12.2 Å². The van der Waals surface area contributed by atoms with E-state index in [4.69, 9.17) is 17.0 Å². The summed E-state index contributed by atoms with van der Waals surface area (Å²) in [5, 5.41) is 5.78. The molecule has 6 nitrogen and oxygen atoms in total. The Hall–Kier alpha value is -1.68. The van der Waals surface area contributed by atoms with Gasteiger partial charge >= 0.3 is 6.18 Å². The Morgan fingerprint density at radius 2 is 2.04 bits per heavy atom. The van der Waals surface area contributed by atoms with Crippen LogP contribution in [0.3, 0.4) is 0 Å². The molecule has 1 aromatic rings. The highest BCUT2D eigenvalue weighted by Gasteiger charge is 2.34. The van der Waals surface area contributed by atoms with Crippen LogP contribution in [-0.2, 0) is 10.9 Å². The zero-order valence-electron chi connectivity index (χ0n) is 13.6. The molecule has 2 saturated heterocycles. The molecular weight excluding hydrogens is 355 g/mol. The highest BCUT2D eigenvalue weighted by Crippen LogP contribution is 2.31. The van der Waals surface area contributed by atoms with Gasteiger partial charge in [-0.1, -0.05) is 0 Å². The lowest BCUT2D eigenvalue weighted by Crippen LogP contribution is -2.35. The number of nitrogens with zero attached hydrogens (tertiary/aromatic N) is 3. The number of hydrogen-bond donors (Lipinski definition) is 2. The Morgan fingerprint density at radius 1 is 1.28 bits per heavy atom. The van der Waals surface area contributed by atoms with Crippen molar-refractivity contribution < 1.29 is 17.9 Å². The van der Waals surface area contributed by atoms with Crippen LogP contribution in [0.1, 0.15) is 31.4 Å². The molecule has 2 fully saturated rings. The molecule has 2 aliphatic heterocycles. The molecule has 0 bridgehead atoms. The fourth-order valence-electron chi connectivity index (χ4n) is 2.90. The number of halogens is 3. The lowest BCUT2D eigenvalue weighted by Gasteiger charge is -2.19.